The van der Waals surface area contributed by atoms with Crippen molar-refractivity contribution in [2.75, 3.05) is 7.11 Å². The summed E-state index contributed by atoms with van der Waals surface area (Å²) in [7, 11) is 1.33. The fourth-order valence-corrected chi connectivity index (χ4v) is 1.67. The highest BCUT2D eigenvalue weighted by molar-refractivity contribution is 5.77. The molecular formula is C13H18FNO2. The largest absolute Gasteiger partial charge is 0.469 e. The summed E-state index contributed by atoms with van der Waals surface area (Å²) in [5.41, 5.74) is 6.43. The van der Waals surface area contributed by atoms with Gasteiger partial charge in [0.15, 0.2) is 0 Å². The first-order valence-corrected chi connectivity index (χ1v) is 5.40. The van der Waals surface area contributed by atoms with Gasteiger partial charge >= 0.3 is 5.97 Å². The zero-order chi connectivity index (χ0) is 13.2. The summed E-state index contributed by atoms with van der Waals surface area (Å²) in [4.78, 5) is 11.6. The van der Waals surface area contributed by atoms with Gasteiger partial charge in [0, 0.05) is 6.04 Å². The molecule has 0 heterocycles. The number of carbonyl (C=O) groups is 1. The molecule has 0 unspecified atom stereocenters. The van der Waals surface area contributed by atoms with Gasteiger partial charge in [-0.15, -0.1) is 0 Å². The number of esters is 1. The first-order valence-electron chi connectivity index (χ1n) is 5.40. The quantitative estimate of drug-likeness (QED) is 0.824. The predicted octanol–water partition coefficient (Wildman–Crippen LogP) is 2.33. The molecule has 94 valence electrons. The molecule has 0 fully saturated rings. The second-order valence-electron chi connectivity index (χ2n) is 4.70. The zero-order valence-electron chi connectivity index (χ0n) is 10.6. The molecule has 0 saturated carbocycles. The van der Waals surface area contributed by atoms with Gasteiger partial charge in [0.25, 0.3) is 0 Å². The highest BCUT2D eigenvalue weighted by Gasteiger charge is 2.36. The van der Waals surface area contributed by atoms with Crippen LogP contribution in [0.2, 0.25) is 0 Å². The number of benzene rings is 1. The minimum absolute atomic E-state index is 0.281. The summed E-state index contributed by atoms with van der Waals surface area (Å²) in [6.07, 6.45) is 0. The Kier molecular flexibility index (Phi) is 3.88. The maximum absolute atomic E-state index is 13.2. The molecule has 2 N–H and O–H groups in total. The van der Waals surface area contributed by atoms with Crippen LogP contribution in [-0.4, -0.2) is 13.1 Å². The molecule has 0 aliphatic rings. The molecule has 0 spiro atoms. The van der Waals surface area contributed by atoms with Gasteiger partial charge in [-0.1, -0.05) is 12.1 Å². The van der Waals surface area contributed by atoms with Gasteiger partial charge in [0.05, 0.1) is 12.5 Å². The summed E-state index contributed by atoms with van der Waals surface area (Å²) < 4.78 is 17.9. The average molecular weight is 239 g/mol. The highest BCUT2D eigenvalue weighted by atomic mass is 19.1. The fraction of sp³-hybridized carbons (Fsp3) is 0.462. The van der Waals surface area contributed by atoms with Gasteiger partial charge in [-0.05, 0) is 38.0 Å². The lowest BCUT2D eigenvalue weighted by molar-refractivity contribution is -0.152. The van der Waals surface area contributed by atoms with Crippen LogP contribution in [-0.2, 0) is 9.53 Å². The topological polar surface area (TPSA) is 52.3 Å². The smallest absolute Gasteiger partial charge is 0.313 e. The van der Waals surface area contributed by atoms with Gasteiger partial charge in [-0.3, -0.25) is 4.79 Å². The van der Waals surface area contributed by atoms with E-state index in [1.807, 2.05) is 0 Å². The van der Waals surface area contributed by atoms with E-state index in [4.69, 9.17) is 10.5 Å². The lowest BCUT2D eigenvalue weighted by Crippen LogP contribution is -2.37. The molecule has 1 aromatic carbocycles. The van der Waals surface area contributed by atoms with Crippen molar-refractivity contribution < 1.29 is 13.9 Å². The Labute approximate surface area is 101 Å². The van der Waals surface area contributed by atoms with Gasteiger partial charge in [-0.25, -0.2) is 4.39 Å². The Balaban J connectivity index is 3.07. The number of ether oxygens (including phenoxy) is 1. The van der Waals surface area contributed by atoms with E-state index in [1.54, 1.807) is 32.9 Å². The van der Waals surface area contributed by atoms with E-state index < -0.39 is 11.5 Å². The van der Waals surface area contributed by atoms with E-state index in [9.17, 15) is 9.18 Å². The van der Waals surface area contributed by atoms with E-state index in [1.165, 1.54) is 13.2 Å². The molecule has 0 aromatic heterocycles. The number of carbonyl (C=O) groups excluding carboxylic acids is 1. The van der Waals surface area contributed by atoms with Crippen LogP contribution in [0.4, 0.5) is 4.39 Å². The molecule has 0 bridgehead atoms. The van der Waals surface area contributed by atoms with Crippen LogP contribution < -0.4 is 5.73 Å². The van der Waals surface area contributed by atoms with Gasteiger partial charge in [-0.2, -0.15) is 0 Å². The molecule has 0 aliphatic carbocycles. The molecule has 0 radical (unpaired) electrons. The number of halogens is 1. The summed E-state index contributed by atoms with van der Waals surface area (Å²) >= 11 is 0. The third kappa shape index (κ3) is 2.64. The monoisotopic (exact) mass is 239 g/mol. The van der Waals surface area contributed by atoms with Crippen molar-refractivity contribution in [1.82, 2.24) is 0 Å². The third-order valence-corrected chi connectivity index (χ3v) is 3.03. The number of aryl methyl sites for hydroxylation is 1. The van der Waals surface area contributed by atoms with E-state index in [0.717, 1.165) is 5.56 Å². The van der Waals surface area contributed by atoms with Crippen molar-refractivity contribution in [3.05, 3.63) is 35.1 Å². The summed E-state index contributed by atoms with van der Waals surface area (Å²) in [6.45, 7) is 5.08. The number of nitrogens with two attached hydrogens (primary N) is 1. The van der Waals surface area contributed by atoms with Crippen LogP contribution in [0.25, 0.3) is 0 Å². The molecule has 3 nitrogen and oxygen atoms in total. The summed E-state index contributed by atoms with van der Waals surface area (Å²) in [6, 6.07) is 4.08. The Morgan fingerprint density at radius 1 is 1.47 bits per heavy atom. The standard InChI is InChI=1S/C13H18FNO2/c1-8-7-9(5-6-10(8)14)11(15)13(2,3)12(16)17-4/h5-7,11H,15H2,1-4H3/t11-/m1/s1. The molecule has 4 heteroatoms. The van der Waals surface area contributed by atoms with Crippen molar-refractivity contribution >= 4 is 5.97 Å². The zero-order valence-corrected chi connectivity index (χ0v) is 10.6. The Hall–Kier alpha value is -1.42. The van der Waals surface area contributed by atoms with Crippen molar-refractivity contribution in [2.24, 2.45) is 11.1 Å². The predicted molar refractivity (Wildman–Crippen MR) is 63.9 cm³/mol. The molecule has 0 amide bonds. The van der Waals surface area contributed by atoms with Crippen LogP contribution in [0, 0.1) is 18.2 Å². The van der Waals surface area contributed by atoms with Crippen LogP contribution in [0.3, 0.4) is 0 Å². The first kappa shape index (κ1) is 13.6. The number of rotatable bonds is 3. The number of hydrogen-bond acceptors (Lipinski definition) is 3. The molecule has 1 aromatic rings. The minimum Gasteiger partial charge on any atom is -0.469 e. The van der Waals surface area contributed by atoms with Crippen molar-refractivity contribution in [1.29, 1.82) is 0 Å². The van der Waals surface area contributed by atoms with E-state index in [-0.39, 0.29) is 11.8 Å². The lowest BCUT2D eigenvalue weighted by Gasteiger charge is -2.29. The summed E-state index contributed by atoms with van der Waals surface area (Å²) in [5, 5.41) is 0. The van der Waals surface area contributed by atoms with Crippen LogP contribution in [0.15, 0.2) is 18.2 Å². The normalized spacial score (nSPS) is 13.3. The highest BCUT2D eigenvalue weighted by Crippen LogP contribution is 2.33. The maximum Gasteiger partial charge on any atom is 0.313 e. The Morgan fingerprint density at radius 3 is 2.53 bits per heavy atom. The van der Waals surface area contributed by atoms with Gasteiger partial charge in [0.2, 0.25) is 0 Å². The number of hydrogen-bond donors (Lipinski definition) is 1. The first-order chi connectivity index (χ1) is 7.80. The molecule has 0 saturated heterocycles. The van der Waals surface area contributed by atoms with E-state index >= 15 is 0 Å². The average Bonchev–Trinajstić information content (AvgIpc) is 2.30. The second kappa shape index (κ2) is 4.84. The van der Waals surface area contributed by atoms with Gasteiger partial charge < -0.3 is 10.5 Å². The molecular weight excluding hydrogens is 221 g/mol. The fourth-order valence-electron chi connectivity index (χ4n) is 1.67. The Morgan fingerprint density at radius 2 is 2.06 bits per heavy atom. The van der Waals surface area contributed by atoms with Crippen LogP contribution in [0.1, 0.15) is 31.0 Å². The third-order valence-electron chi connectivity index (χ3n) is 3.03. The Bertz CT molecular complexity index is 429. The SMILES string of the molecule is COC(=O)C(C)(C)[C@H](N)c1ccc(F)c(C)c1. The molecule has 1 rings (SSSR count). The van der Waals surface area contributed by atoms with Crippen molar-refractivity contribution in [2.45, 2.75) is 26.8 Å². The molecule has 17 heavy (non-hydrogen) atoms. The lowest BCUT2D eigenvalue weighted by atomic mass is 9.81. The molecule has 0 aliphatic heterocycles. The second-order valence-corrected chi connectivity index (χ2v) is 4.70. The van der Waals surface area contributed by atoms with Gasteiger partial charge in [0.1, 0.15) is 5.82 Å². The van der Waals surface area contributed by atoms with E-state index in [2.05, 4.69) is 0 Å². The van der Waals surface area contributed by atoms with Crippen molar-refractivity contribution in [3.8, 4) is 0 Å². The van der Waals surface area contributed by atoms with Crippen LogP contribution >= 0.6 is 0 Å². The van der Waals surface area contributed by atoms with E-state index in [0.29, 0.717) is 5.56 Å². The maximum atomic E-state index is 13.2. The summed E-state index contributed by atoms with van der Waals surface area (Å²) in [5.74, 6) is -0.663. The minimum atomic E-state index is -0.848. The van der Waals surface area contributed by atoms with Crippen LogP contribution in [0.5, 0.6) is 0 Å². The number of methoxy groups -OCH3 is 1. The van der Waals surface area contributed by atoms with Crippen molar-refractivity contribution in [3.63, 3.8) is 0 Å². The molecule has 1 atom stereocenters.